The molecule has 0 bridgehead atoms. The molecule has 0 N–H and O–H groups in total. The van der Waals surface area contributed by atoms with Gasteiger partial charge in [-0.05, 0) is 94.6 Å². The van der Waals surface area contributed by atoms with Crippen molar-refractivity contribution < 1.29 is 27.1 Å². The molecule has 0 spiro atoms. The standard InChI is InChI=1S/C32H34FN3O5S/c1-20-7-10-24(11-8-20)42(38,39)36-28(22-14-16-35(21(2)17-22)31(37)41-32(3,4)5)19-27-25(13-15-34-30(27)36)26-18-23(33)9-12-29(26)40-6/h7-13,15,17-19,21H,14,16H2,1-6H3/t21-/m1/s1. The van der Waals surface area contributed by atoms with E-state index in [1.807, 2.05) is 40.7 Å². The summed E-state index contributed by atoms with van der Waals surface area (Å²) in [5.41, 5.74) is 2.72. The molecular formula is C32H34FN3O5S. The minimum atomic E-state index is -4.11. The number of carbonyl (C=O) groups excluding carboxylic acids is 1. The van der Waals surface area contributed by atoms with Crippen molar-refractivity contribution in [3.05, 3.63) is 83.9 Å². The van der Waals surface area contributed by atoms with Crippen LogP contribution in [0.15, 0.2) is 71.8 Å². The zero-order valence-electron chi connectivity index (χ0n) is 24.5. The zero-order valence-corrected chi connectivity index (χ0v) is 25.3. The van der Waals surface area contributed by atoms with Crippen LogP contribution in [0.4, 0.5) is 9.18 Å². The molecule has 0 unspecified atom stereocenters. The Kier molecular flexibility index (Phi) is 7.61. The van der Waals surface area contributed by atoms with Crippen LogP contribution >= 0.6 is 0 Å². The summed E-state index contributed by atoms with van der Waals surface area (Å²) in [7, 11) is -2.61. The lowest BCUT2D eigenvalue weighted by Crippen LogP contribution is -2.43. The first-order chi connectivity index (χ1) is 19.8. The van der Waals surface area contributed by atoms with Crippen molar-refractivity contribution in [3.8, 4) is 16.9 Å². The van der Waals surface area contributed by atoms with Crippen molar-refractivity contribution in [1.82, 2.24) is 13.9 Å². The van der Waals surface area contributed by atoms with E-state index in [1.54, 1.807) is 41.3 Å². The number of methoxy groups -OCH3 is 1. The summed E-state index contributed by atoms with van der Waals surface area (Å²) < 4.78 is 55.3. The smallest absolute Gasteiger partial charge is 0.410 e. The van der Waals surface area contributed by atoms with E-state index in [4.69, 9.17) is 9.47 Å². The third kappa shape index (κ3) is 5.51. The van der Waals surface area contributed by atoms with E-state index in [-0.39, 0.29) is 16.6 Å². The summed E-state index contributed by atoms with van der Waals surface area (Å²) in [6.45, 7) is 9.53. The first-order valence-electron chi connectivity index (χ1n) is 13.7. The number of benzene rings is 2. The molecule has 42 heavy (non-hydrogen) atoms. The molecule has 1 aliphatic heterocycles. The van der Waals surface area contributed by atoms with Crippen molar-refractivity contribution in [3.63, 3.8) is 0 Å². The second-order valence-electron chi connectivity index (χ2n) is 11.4. The Morgan fingerprint density at radius 1 is 1.05 bits per heavy atom. The molecule has 1 atom stereocenters. The zero-order chi connectivity index (χ0) is 30.4. The molecule has 3 heterocycles. The SMILES string of the molecule is COc1ccc(F)cc1-c1ccnc2c1cc(C1=C[C@@H](C)N(C(=O)OC(C)(C)C)CC1)n2S(=O)(=O)c1ccc(C)cc1. The van der Waals surface area contributed by atoms with Crippen LogP contribution in [0.1, 0.15) is 45.4 Å². The van der Waals surface area contributed by atoms with Gasteiger partial charge < -0.3 is 14.4 Å². The van der Waals surface area contributed by atoms with Crippen LogP contribution in [-0.4, -0.2) is 53.7 Å². The van der Waals surface area contributed by atoms with Gasteiger partial charge in [-0.3, -0.25) is 0 Å². The van der Waals surface area contributed by atoms with Crippen LogP contribution in [0.5, 0.6) is 5.75 Å². The highest BCUT2D eigenvalue weighted by Crippen LogP contribution is 2.40. The number of aromatic nitrogens is 2. The molecule has 0 saturated carbocycles. The summed E-state index contributed by atoms with van der Waals surface area (Å²) >= 11 is 0. The topological polar surface area (TPSA) is 90.7 Å². The van der Waals surface area contributed by atoms with Gasteiger partial charge in [0.15, 0.2) is 5.65 Å². The average Bonchev–Trinajstić information content (AvgIpc) is 3.33. The Morgan fingerprint density at radius 3 is 2.40 bits per heavy atom. The van der Waals surface area contributed by atoms with Crippen LogP contribution < -0.4 is 4.74 Å². The Bertz CT molecular complexity index is 1800. The van der Waals surface area contributed by atoms with Crippen LogP contribution in [0.2, 0.25) is 0 Å². The number of aryl methyl sites for hydroxylation is 1. The number of amides is 1. The van der Waals surface area contributed by atoms with Crippen molar-refractivity contribution in [1.29, 1.82) is 0 Å². The van der Waals surface area contributed by atoms with Gasteiger partial charge in [-0.15, -0.1) is 0 Å². The maximum absolute atomic E-state index is 14.4. The first-order valence-corrected chi connectivity index (χ1v) is 15.1. The number of halogens is 1. The third-order valence-electron chi connectivity index (χ3n) is 7.19. The molecule has 2 aromatic heterocycles. The summed E-state index contributed by atoms with van der Waals surface area (Å²) in [4.78, 5) is 19.1. The van der Waals surface area contributed by atoms with Gasteiger partial charge in [0, 0.05) is 23.7 Å². The molecule has 0 fully saturated rings. The molecule has 4 aromatic rings. The van der Waals surface area contributed by atoms with E-state index < -0.39 is 27.5 Å². The predicted octanol–water partition coefficient (Wildman–Crippen LogP) is 6.81. The molecule has 1 amide bonds. The van der Waals surface area contributed by atoms with Gasteiger partial charge >= 0.3 is 6.09 Å². The van der Waals surface area contributed by atoms with Crippen molar-refractivity contribution >= 4 is 32.7 Å². The maximum atomic E-state index is 14.4. The Balaban J connectivity index is 1.73. The Labute approximate surface area is 245 Å². The molecule has 2 aromatic carbocycles. The highest BCUT2D eigenvalue weighted by Gasteiger charge is 2.32. The lowest BCUT2D eigenvalue weighted by atomic mass is 9.99. The van der Waals surface area contributed by atoms with Crippen molar-refractivity contribution in [2.45, 2.75) is 57.6 Å². The van der Waals surface area contributed by atoms with Crippen LogP contribution in [-0.2, 0) is 14.8 Å². The van der Waals surface area contributed by atoms with Crippen LogP contribution in [0.25, 0.3) is 27.7 Å². The summed E-state index contributed by atoms with van der Waals surface area (Å²) in [5.74, 6) is -0.00755. The molecule has 8 nitrogen and oxygen atoms in total. The van der Waals surface area contributed by atoms with Gasteiger partial charge in [-0.1, -0.05) is 23.8 Å². The Morgan fingerprint density at radius 2 is 1.76 bits per heavy atom. The monoisotopic (exact) mass is 591 g/mol. The van der Waals surface area contributed by atoms with Crippen molar-refractivity contribution in [2.24, 2.45) is 0 Å². The summed E-state index contributed by atoms with van der Waals surface area (Å²) in [6, 6.07) is 14.0. The second-order valence-corrected chi connectivity index (χ2v) is 13.2. The average molecular weight is 592 g/mol. The van der Waals surface area contributed by atoms with E-state index in [2.05, 4.69) is 4.98 Å². The fraction of sp³-hybridized carbons (Fsp3) is 0.312. The molecule has 1 aliphatic rings. The minimum Gasteiger partial charge on any atom is -0.496 e. The van der Waals surface area contributed by atoms with Gasteiger partial charge in [0.1, 0.15) is 17.2 Å². The predicted molar refractivity (Wildman–Crippen MR) is 160 cm³/mol. The molecule has 0 radical (unpaired) electrons. The van der Waals surface area contributed by atoms with E-state index >= 15 is 0 Å². The lowest BCUT2D eigenvalue weighted by molar-refractivity contribution is 0.0209. The highest BCUT2D eigenvalue weighted by molar-refractivity contribution is 7.90. The number of pyridine rings is 1. The molecule has 0 saturated heterocycles. The number of ether oxygens (including phenoxy) is 2. The van der Waals surface area contributed by atoms with Crippen LogP contribution in [0, 0.1) is 12.7 Å². The van der Waals surface area contributed by atoms with E-state index in [9.17, 15) is 17.6 Å². The quantitative estimate of drug-likeness (QED) is 0.253. The largest absolute Gasteiger partial charge is 0.496 e. The van der Waals surface area contributed by atoms with Gasteiger partial charge in [0.2, 0.25) is 0 Å². The maximum Gasteiger partial charge on any atom is 0.410 e. The van der Waals surface area contributed by atoms with E-state index in [0.29, 0.717) is 40.9 Å². The third-order valence-corrected chi connectivity index (χ3v) is 8.90. The number of hydrogen-bond acceptors (Lipinski definition) is 6. The number of carbonyl (C=O) groups is 1. The van der Waals surface area contributed by atoms with Gasteiger partial charge in [-0.25, -0.2) is 26.6 Å². The minimum absolute atomic E-state index is 0.113. The molecular weight excluding hydrogens is 557 g/mol. The summed E-state index contributed by atoms with van der Waals surface area (Å²) in [5, 5.41) is 0.523. The van der Waals surface area contributed by atoms with Gasteiger partial charge in [0.05, 0.1) is 23.7 Å². The highest BCUT2D eigenvalue weighted by atomic mass is 32.2. The lowest BCUT2D eigenvalue weighted by Gasteiger charge is -2.34. The molecule has 10 heteroatoms. The van der Waals surface area contributed by atoms with E-state index in [1.165, 1.54) is 35.5 Å². The number of fused-ring (bicyclic) bond motifs is 1. The number of rotatable bonds is 5. The second kappa shape index (κ2) is 10.9. The number of hydrogen-bond donors (Lipinski definition) is 0. The molecule has 5 rings (SSSR count). The normalized spacial score (nSPS) is 15.9. The summed E-state index contributed by atoms with van der Waals surface area (Å²) in [6.07, 6.45) is 3.35. The van der Waals surface area contributed by atoms with Crippen molar-refractivity contribution in [2.75, 3.05) is 13.7 Å². The fourth-order valence-corrected chi connectivity index (χ4v) is 6.68. The van der Waals surface area contributed by atoms with Crippen LogP contribution in [0.3, 0.4) is 0 Å². The van der Waals surface area contributed by atoms with E-state index in [0.717, 1.165) is 11.1 Å². The molecule has 220 valence electrons. The molecule has 0 aliphatic carbocycles. The Hall–Kier alpha value is -4.18. The first kappa shape index (κ1) is 29.3. The van der Waals surface area contributed by atoms with Gasteiger partial charge in [-0.2, -0.15) is 0 Å². The fourth-order valence-electron chi connectivity index (χ4n) is 5.18. The number of nitrogens with zero attached hydrogens (tertiary/aromatic N) is 3. The van der Waals surface area contributed by atoms with Gasteiger partial charge in [0.25, 0.3) is 10.0 Å².